The minimum atomic E-state index is -0.129. The van der Waals surface area contributed by atoms with E-state index in [1.807, 2.05) is 59.5 Å². The van der Waals surface area contributed by atoms with Gasteiger partial charge in [-0.25, -0.2) is 0 Å². The molecule has 0 radical (unpaired) electrons. The predicted molar refractivity (Wildman–Crippen MR) is 156 cm³/mol. The third-order valence-corrected chi connectivity index (χ3v) is 8.04. The monoisotopic (exact) mass is 570 g/mol. The van der Waals surface area contributed by atoms with E-state index < -0.39 is 0 Å². The molecule has 11 heteroatoms. The van der Waals surface area contributed by atoms with Crippen LogP contribution in [0.3, 0.4) is 0 Å². The third-order valence-electron chi connectivity index (χ3n) is 7.05. The summed E-state index contributed by atoms with van der Waals surface area (Å²) in [4.78, 5) is 38.5. The Morgan fingerprint density at radius 1 is 0.902 bits per heavy atom. The van der Waals surface area contributed by atoms with Gasteiger partial charge in [-0.1, -0.05) is 53.4 Å². The number of anilines is 1. The number of benzene rings is 2. The molecule has 2 aromatic heterocycles. The molecular weight excluding hydrogens is 538 g/mol. The van der Waals surface area contributed by atoms with Crippen LogP contribution in [0.5, 0.6) is 0 Å². The predicted octanol–water partition coefficient (Wildman–Crippen LogP) is 4.59. The Morgan fingerprint density at radius 3 is 2.51 bits per heavy atom. The number of hydrogen-bond donors (Lipinski definition) is 1. The largest absolute Gasteiger partial charge is 0.447 e. The molecule has 210 valence electrons. The fourth-order valence-electron chi connectivity index (χ4n) is 4.82. The van der Waals surface area contributed by atoms with Crippen molar-refractivity contribution in [3.05, 3.63) is 98.5 Å². The summed E-state index contributed by atoms with van der Waals surface area (Å²) in [5.74, 6) is 0.369. The van der Waals surface area contributed by atoms with Crippen molar-refractivity contribution < 1.29 is 14.3 Å². The molecule has 1 N–H and O–H groups in total. The van der Waals surface area contributed by atoms with Crippen LogP contribution in [0, 0.1) is 4.91 Å². The van der Waals surface area contributed by atoms with Gasteiger partial charge in [0.05, 0.1) is 17.2 Å². The molecule has 0 aliphatic carbocycles. The zero-order valence-corrected chi connectivity index (χ0v) is 23.8. The standard InChI is InChI=1S/C30H31N7O3S/c1-21(38)36-19-24-11-7-10-23(26(24)20-36)16-17-37(40)30-35-34-29(41-30)13-6-5-12-25-14-15-27(33-32-25)31-28(39)18-22-8-3-2-4-9-22/h2-4,7-11,14-15H,5-6,12-13,16-20H2,1H3/p+1. The highest BCUT2D eigenvalue weighted by Crippen LogP contribution is 2.27. The number of carbonyl (C=O) groups is 2. The van der Waals surface area contributed by atoms with Crippen LogP contribution in [0.1, 0.15) is 52.7 Å². The van der Waals surface area contributed by atoms with E-state index in [0.29, 0.717) is 30.5 Å². The van der Waals surface area contributed by atoms with E-state index in [4.69, 9.17) is 0 Å². The van der Waals surface area contributed by atoms with Gasteiger partial charge in [0.15, 0.2) is 5.82 Å². The Morgan fingerprint density at radius 2 is 1.73 bits per heavy atom. The number of unbranched alkanes of at least 4 members (excludes halogenated alkanes) is 1. The number of aromatic nitrogens is 4. The van der Waals surface area contributed by atoms with Crippen molar-refractivity contribution in [3.8, 4) is 0 Å². The molecule has 5 rings (SSSR count). The average molecular weight is 571 g/mol. The van der Waals surface area contributed by atoms with E-state index in [9.17, 15) is 14.5 Å². The first-order valence-corrected chi connectivity index (χ1v) is 14.5. The van der Waals surface area contributed by atoms with Crippen molar-refractivity contribution in [1.29, 1.82) is 0 Å². The molecule has 0 atom stereocenters. The highest BCUT2D eigenvalue weighted by molar-refractivity contribution is 7.14. The first-order valence-electron chi connectivity index (χ1n) is 13.7. The van der Waals surface area contributed by atoms with Crippen molar-refractivity contribution in [3.63, 3.8) is 0 Å². The van der Waals surface area contributed by atoms with E-state index >= 15 is 0 Å². The molecule has 2 amide bonds. The number of nitrogens with zero attached hydrogens (tertiary/aromatic N) is 6. The van der Waals surface area contributed by atoms with Crippen LogP contribution in [0.15, 0.2) is 60.7 Å². The van der Waals surface area contributed by atoms with Crippen molar-refractivity contribution in [1.82, 2.24) is 25.3 Å². The Kier molecular flexibility index (Phi) is 9.15. The quantitative estimate of drug-likeness (QED) is 0.195. The molecule has 0 saturated heterocycles. The second-order valence-corrected chi connectivity index (χ2v) is 11.1. The fraction of sp³-hybridized carbons (Fsp3) is 0.333. The van der Waals surface area contributed by atoms with Crippen LogP contribution in [0.4, 0.5) is 10.9 Å². The van der Waals surface area contributed by atoms with Crippen LogP contribution in [-0.2, 0) is 48.4 Å². The van der Waals surface area contributed by atoms with Gasteiger partial charge < -0.3 is 10.2 Å². The molecule has 0 spiro atoms. The van der Waals surface area contributed by atoms with Gasteiger partial charge in [0.2, 0.25) is 11.8 Å². The number of hydrogen-bond acceptors (Lipinski definition) is 8. The van der Waals surface area contributed by atoms with Crippen molar-refractivity contribution in [2.24, 2.45) is 0 Å². The smallest absolute Gasteiger partial charge is 0.334 e. The molecule has 1 aliphatic heterocycles. The molecule has 2 aromatic carbocycles. The first-order chi connectivity index (χ1) is 19.9. The van der Waals surface area contributed by atoms with Gasteiger partial charge in [0.1, 0.15) is 11.6 Å². The van der Waals surface area contributed by atoms with E-state index in [-0.39, 0.29) is 24.8 Å². The average Bonchev–Trinajstić information content (AvgIpc) is 3.63. The summed E-state index contributed by atoms with van der Waals surface area (Å²) in [5.41, 5.74) is 5.21. The molecular formula is C30H32N7O3S+. The van der Waals surface area contributed by atoms with Gasteiger partial charge >= 0.3 is 5.13 Å². The lowest BCUT2D eigenvalue weighted by Crippen LogP contribution is -2.21. The lowest BCUT2D eigenvalue weighted by atomic mass is 10.0. The Hall–Kier alpha value is -4.38. The number of fused-ring (bicyclic) bond motifs is 1. The lowest BCUT2D eigenvalue weighted by Gasteiger charge is -2.11. The Bertz CT molecular complexity index is 1520. The molecule has 1 aliphatic rings. The van der Waals surface area contributed by atoms with Crippen molar-refractivity contribution in [2.75, 3.05) is 11.9 Å². The SMILES string of the molecule is CC(=O)N1Cc2cccc(CC[N+](=O)c3nnc(CCCCc4ccc(NC(=O)Cc5ccccc5)nn4)s3)c2C1. The van der Waals surface area contributed by atoms with Crippen LogP contribution >= 0.6 is 11.3 Å². The number of amides is 2. The maximum atomic E-state index is 12.7. The summed E-state index contributed by atoms with van der Waals surface area (Å²) in [5, 5.41) is 20.7. The van der Waals surface area contributed by atoms with Gasteiger partial charge in [0, 0.05) is 32.9 Å². The van der Waals surface area contributed by atoms with Crippen LogP contribution in [0.2, 0.25) is 0 Å². The van der Waals surface area contributed by atoms with Gasteiger partial charge in [-0.2, -0.15) is 5.10 Å². The summed E-state index contributed by atoms with van der Waals surface area (Å²) >= 11 is 1.33. The fourth-order valence-corrected chi connectivity index (χ4v) is 5.64. The summed E-state index contributed by atoms with van der Waals surface area (Å²) < 4.78 is 0.911. The van der Waals surface area contributed by atoms with Gasteiger partial charge in [0.25, 0.3) is 0 Å². The molecule has 10 nitrogen and oxygen atoms in total. The van der Waals surface area contributed by atoms with Gasteiger partial charge in [-0.3, -0.25) is 9.59 Å². The molecule has 0 fully saturated rings. The molecule has 4 aromatic rings. The summed E-state index contributed by atoms with van der Waals surface area (Å²) in [6.07, 6.45) is 4.14. The normalized spacial score (nSPS) is 12.3. The highest BCUT2D eigenvalue weighted by Gasteiger charge is 2.25. The number of rotatable bonds is 12. The number of aryl methyl sites for hydroxylation is 2. The minimum Gasteiger partial charge on any atom is -0.334 e. The zero-order chi connectivity index (χ0) is 28.6. The highest BCUT2D eigenvalue weighted by atomic mass is 32.1. The van der Waals surface area contributed by atoms with Crippen molar-refractivity contribution in [2.45, 2.75) is 58.5 Å². The Labute approximate surface area is 242 Å². The number of nitroso groups, excluding NO2 is 1. The number of carbonyl (C=O) groups excluding carboxylic acids is 2. The van der Waals surface area contributed by atoms with E-state index in [1.165, 1.54) is 11.3 Å². The van der Waals surface area contributed by atoms with E-state index in [2.05, 4.69) is 25.7 Å². The Balaban J connectivity index is 1.03. The molecule has 0 bridgehead atoms. The van der Waals surface area contributed by atoms with Crippen LogP contribution < -0.4 is 5.32 Å². The first kappa shape index (κ1) is 28.2. The molecule has 0 saturated carbocycles. The van der Waals surface area contributed by atoms with Crippen molar-refractivity contribution >= 4 is 34.1 Å². The van der Waals surface area contributed by atoms with Crippen LogP contribution in [0.25, 0.3) is 0 Å². The van der Waals surface area contributed by atoms with Crippen LogP contribution in [-0.4, -0.2) is 48.4 Å². The second kappa shape index (κ2) is 13.3. The summed E-state index contributed by atoms with van der Waals surface area (Å²) in [6.45, 7) is 3.10. The summed E-state index contributed by atoms with van der Waals surface area (Å²) in [6, 6.07) is 19.3. The molecule has 41 heavy (non-hydrogen) atoms. The maximum Gasteiger partial charge on any atom is 0.447 e. The third kappa shape index (κ3) is 7.63. The molecule has 0 unspecified atom stereocenters. The zero-order valence-electron chi connectivity index (χ0n) is 23.0. The lowest BCUT2D eigenvalue weighted by molar-refractivity contribution is -0.462. The minimum absolute atomic E-state index is 0.0602. The maximum absolute atomic E-state index is 12.7. The second-order valence-electron chi connectivity index (χ2n) is 10.1. The molecule has 3 heterocycles. The summed E-state index contributed by atoms with van der Waals surface area (Å²) in [7, 11) is 0. The van der Waals surface area contributed by atoms with E-state index in [1.54, 1.807) is 13.0 Å². The topological polar surface area (TPSA) is 121 Å². The van der Waals surface area contributed by atoms with Gasteiger partial charge in [-0.05, 0) is 74.8 Å². The van der Waals surface area contributed by atoms with E-state index in [0.717, 1.165) is 63.4 Å². The number of nitrogens with one attached hydrogen (secondary N) is 1. The van der Waals surface area contributed by atoms with Gasteiger partial charge in [-0.15, -0.1) is 5.10 Å².